The van der Waals surface area contributed by atoms with Crippen LogP contribution in [0, 0.1) is 5.92 Å². The predicted molar refractivity (Wildman–Crippen MR) is 87.4 cm³/mol. The van der Waals surface area contributed by atoms with Gasteiger partial charge in [0.2, 0.25) is 0 Å². The molecule has 3 N–H and O–H groups in total. The molecule has 1 heterocycles. The van der Waals surface area contributed by atoms with Crippen LogP contribution in [0.25, 0.3) is 0 Å². The quantitative estimate of drug-likeness (QED) is 0.876. The molecule has 0 unspecified atom stereocenters. The van der Waals surface area contributed by atoms with Gasteiger partial charge in [-0.3, -0.25) is 0 Å². The number of hydrogen-bond donors (Lipinski definition) is 2. The summed E-state index contributed by atoms with van der Waals surface area (Å²) in [5.74, 6) is 0.726. The lowest BCUT2D eigenvalue weighted by atomic mass is 9.87. The molecule has 0 aliphatic carbocycles. The van der Waals surface area contributed by atoms with Crippen LogP contribution in [0.1, 0.15) is 26.7 Å². The number of rotatable bonds is 5. The molecule has 1 saturated heterocycles. The van der Waals surface area contributed by atoms with Crippen molar-refractivity contribution < 1.29 is 0 Å². The minimum absolute atomic E-state index is 0.0291. The van der Waals surface area contributed by atoms with Crippen molar-refractivity contribution in [3.63, 3.8) is 0 Å². The number of anilines is 1. The Balaban J connectivity index is 1.96. The van der Waals surface area contributed by atoms with Crippen molar-refractivity contribution in [2.45, 2.75) is 32.2 Å². The van der Waals surface area contributed by atoms with Crippen molar-refractivity contribution in [2.75, 3.05) is 31.5 Å². The van der Waals surface area contributed by atoms with E-state index in [1.807, 2.05) is 24.3 Å². The molecule has 1 aromatic rings. The summed E-state index contributed by atoms with van der Waals surface area (Å²) in [6, 6.07) is 7.89. The van der Waals surface area contributed by atoms with Crippen molar-refractivity contribution in [2.24, 2.45) is 11.7 Å². The SMILES string of the molecule is CC(C)CN1CCC(CN)(Nc2ccc(Cl)cc2)CC1. The van der Waals surface area contributed by atoms with Gasteiger partial charge in [0.1, 0.15) is 0 Å². The molecular weight excluding hydrogens is 270 g/mol. The summed E-state index contributed by atoms with van der Waals surface area (Å²) in [5.41, 5.74) is 7.19. The third-order valence-corrected chi connectivity index (χ3v) is 4.33. The van der Waals surface area contributed by atoms with Crippen LogP contribution < -0.4 is 11.1 Å². The highest BCUT2D eigenvalue weighted by Crippen LogP contribution is 2.27. The first-order chi connectivity index (χ1) is 9.53. The van der Waals surface area contributed by atoms with Crippen LogP contribution in [0.4, 0.5) is 5.69 Å². The number of nitrogens with one attached hydrogen (secondary N) is 1. The molecule has 112 valence electrons. The van der Waals surface area contributed by atoms with Gasteiger partial charge in [-0.05, 0) is 43.0 Å². The normalized spacial score (nSPS) is 19.2. The molecule has 0 saturated carbocycles. The zero-order valence-corrected chi connectivity index (χ0v) is 13.3. The van der Waals surface area contributed by atoms with Crippen molar-refractivity contribution in [1.82, 2.24) is 4.90 Å². The first-order valence-electron chi connectivity index (χ1n) is 7.49. The maximum atomic E-state index is 6.06. The Bertz CT molecular complexity index is 408. The lowest BCUT2D eigenvalue weighted by Gasteiger charge is -2.43. The van der Waals surface area contributed by atoms with Crippen LogP contribution >= 0.6 is 11.6 Å². The summed E-state index contributed by atoms with van der Waals surface area (Å²) in [6.07, 6.45) is 2.19. The van der Waals surface area contributed by atoms with Crippen molar-refractivity contribution in [3.8, 4) is 0 Å². The summed E-state index contributed by atoms with van der Waals surface area (Å²) < 4.78 is 0. The van der Waals surface area contributed by atoms with Gasteiger partial charge in [0.05, 0.1) is 5.54 Å². The van der Waals surface area contributed by atoms with E-state index in [1.165, 1.54) is 6.54 Å². The number of benzene rings is 1. The summed E-state index contributed by atoms with van der Waals surface area (Å²) in [4.78, 5) is 2.54. The zero-order valence-electron chi connectivity index (χ0n) is 12.5. The fourth-order valence-corrected chi connectivity index (χ4v) is 3.03. The van der Waals surface area contributed by atoms with Crippen LogP contribution in [-0.2, 0) is 0 Å². The van der Waals surface area contributed by atoms with Crippen molar-refractivity contribution >= 4 is 17.3 Å². The number of nitrogens with zero attached hydrogens (tertiary/aromatic N) is 1. The number of nitrogens with two attached hydrogens (primary N) is 1. The second-order valence-corrected chi connectivity index (χ2v) is 6.75. The maximum absolute atomic E-state index is 6.06. The van der Waals surface area contributed by atoms with Gasteiger partial charge < -0.3 is 16.0 Å². The molecule has 0 spiro atoms. The van der Waals surface area contributed by atoms with Gasteiger partial charge in [-0.1, -0.05) is 25.4 Å². The molecule has 20 heavy (non-hydrogen) atoms. The Hall–Kier alpha value is -0.770. The smallest absolute Gasteiger partial charge is 0.0520 e. The number of halogens is 1. The fraction of sp³-hybridized carbons (Fsp3) is 0.625. The first-order valence-corrected chi connectivity index (χ1v) is 7.87. The summed E-state index contributed by atoms with van der Waals surface area (Å²) in [6.45, 7) is 8.65. The van der Waals surface area contributed by atoms with Gasteiger partial charge in [0, 0.05) is 36.9 Å². The largest absolute Gasteiger partial charge is 0.378 e. The van der Waals surface area contributed by atoms with Gasteiger partial charge in [0.25, 0.3) is 0 Å². The van der Waals surface area contributed by atoms with E-state index >= 15 is 0 Å². The molecule has 3 nitrogen and oxygen atoms in total. The van der Waals surface area contributed by atoms with Crippen LogP contribution in [0.5, 0.6) is 0 Å². The highest BCUT2D eigenvalue weighted by atomic mass is 35.5. The fourth-order valence-electron chi connectivity index (χ4n) is 2.90. The van der Waals surface area contributed by atoms with E-state index in [-0.39, 0.29) is 5.54 Å². The van der Waals surface area contributed by atoms with Crippen LogP contribution in [0.2, 0.25) is 5.02 Å². The highest BCUT2D eigenvalue weighted by molar-refractivity contribution is 6.30. The Morgan fingerprint density at radius 1 is 1.25 bits per heavy atom. The summed E-state index contributed by atoms with van der Waals surface area (Å²) in [5, 5.41) is 4.40. The Kier molecular flexibility index (Phi) is 5.30. The number of hydrogen-bond acceptors (Lipinski definition) is 3. The summed E-state index contributed by atoms with van der Waals surface area (Å²) >= 11 is 5.93. The topological polar surface area (TPSA) is 41.3 Å². The van der Waals surface area contributed by atoms with E-state index in [4.69, 9.17) is 17.3 Å². The van der Waals surface area contributed by atoms with E-state index < -0.39 is 0 Å². The van der Waals surface area contributed by atoms with E-state index in [2.05, 4.69) is 24.1 Å². The molecule has 0 atom stereocenters. The monoisotopic (exact) mass is 295 g/mol. The molecule has 2 rings (SSSR count). The third-order valence-electron chi connectivity index (χ3n) is 4.08. The lowest BCUT2D eigenvalue weighted by Crippen LogP contribution is -2.54. The Labute approximate surface area is 127 Å². The minimum atomic E-state index is 0.0291. The maximum Gasteiger partial charge on any atom is 0.0520 e. The number of likely N-dealkylation sites (tertiary alicyclic amines) is 1. The molecule has 0 radical (unpaired) electrons. The number of piperidine rings is 1. The van der Waals surface area contributed by atoms with Gasteiger partial charge in [-0.2, -0.15) is 0 Å². The van der Waals surface area contributed by atoms with E-state index in [9.17, 15) is 0 Å². The molecule has 1 aliphatic rings. The predicted octanol–water partition coefficient (Wildman–Crippen LogP) is 3.20. The van der Waals surface area contributed by atoms with E-state index in [0.29, 0.717) is 6.54 Å². The van der Waals surface area contributed by atoms with Crippen molar-refractivity contribution in [3.05, 3.63) is 29.3 Å². The van der Waals surface area contributed by atoms with Gasteiger partial charge in [-0.15, -0.1) is 0 Å². The molecular formula is C16H26ClN3. The lowest BCUT2D eigenvalue weighted by molar-refractivity contribution is 0.161. The Morgan fingerprint density at radius 3 is 2.35 bits per heavy atom. The minimum Gasteiger partial charge on any atom is -0.378 e. The second-order valence-electron chi connectivity index (χ2n) is 6.31. The molecule has 1 fully saturated rings. The van der Waals surface area contributed by atoms with E-state index in [1.54, 1.807) is 0 Å². The molecule has 0 amide bonds. The van der Waals surface area contributed by atoms with Gasteiger partial charge in [0.15, 0.2) is 0 Å². The zero-order chi connectivity index (χ0) is 14.6. The van der Waals surface area contributed by atoms with Gasteiger partial charge in [-0.25, -0.2) is 0 Å². The average Bonchev–Trinajstić information content (AvgIpc) is 2.43. The average molecular weight is 296 g/mol. The first kappa shape index (κ1) is 15.6. The summed E-state index contributed by atoms with van der Waals surface area (Å²) in [7, 11) is 0. The van der Waals surface area contributed by atoms with Crippen LogP contribution in [-0.4, -0.2) is 36.6 Å². The van der Waals surface area contributed by atoms with Gasteiger partial charge >= 0.3 is 0 Å². The Morgan fingerprint density at radius 2 is 1.85 bits per heavy atom. The van der Waals surface area contributed by atoms with Crippen molar-refractivity contribution in [1.29, 1.82) is 0 Å². The molecule has 1 aliphatic heterocycles. The molecule has 1 aromatic carbocycles. The third kappa shape index (κ3) is 4.11. The van der Waals surface area contributed by atoms with E-state index in [0.717, 1.165) is 42.6 Å². The van der Waals surface area contributed by atoms with Crippen LogP contribution in [0.3, 0.4) is 0 Å². The standard InChI is InChI=1S/C16H26ClN3/c1-13(2)11-20-9-7-16(12-18,8-10-20)19-15-5-3-14(17)4-6-15/h3-6,13,19H,7-12,18H2,1-2H3. The molecule has 0 aromatic heterocycles. The van der Waals surface area contributed by atoms with Crippen LogP contribution in [0.15, 0.2) is 24.3 Å². The highest BCUT2D eigenvalue weighted by Gasteiger charge is 2.33. The molecule has 0 bridgehead atoms. The molecule has 4 heteroatoms. The second kappa shape index (κ2) is 6.79.